The molecule has 0 aromatic heterocycles. The molecule has 160 valence electrons. The zero-order chi connectivity index (χ0) is 21.4. The molecule has 2 aromatic carbocycles. The van der Waals surface area contributed by atoms with Gasteiger partial charge >= 0.3 is 0 Å². The van der Waals surface area contributed by atoms with Gasteiger partial charge in [0.2, 0.25) is 0 Å². The van der Waals surface area contributed by atoms with Crippen LogP contribution in [0.5, 0.6) is 0 Å². The summed E-state index contributed by atoms with van der Waals surface area (Å²) in [4.78, 5) is 0. The van der Waals surface area contributed by atoms with Crippen LogP contribution in [0.2, 0.25) is 0 Å². The van der Waals surface area contributed by atoms with Gasteiger partial charge in [-0.05, 0) is 85.3 Å². The number of halogens is 5. The van der Waals surface area contributed by atoms with Gasteiger partial charge in [-0.1, -0.05) is 31.4 Å². The van der Waals surface area contributed by atoms with Crippen molar-refractivity contribution in [3.8, 4) is 11.1 Å². The van der Waals surface area contributed by atoms with Crippen molar-refractivity contribution >= 4 is 0 Å². The smallest absolute Gasteiger partial charge is 0.194 e. The number of hydrogen-bond donors (Lipinski definition) is 0. The Balaban J connectivity index is 1.60. The summed E-state index contributed by atoms with van der Waals surface area (Å²) >= 11 is 0. The molecule has 0 aliphatic heterocycles. The van der Waals surface area contributed by atoms with Crippen LogP contribution >= 0.6 is 0 Å². The molecule has 2 aromatic rings. The van der Waals surface area contributed by atoms with E-state index in [0.717, 1.165) is 18.8 Å². The van der Waals surface area contributed by atoms with Crippen LogP contribution < -0.4 is 0 Å². The van der Waals surface area contributed by atoms with E-state index < -0.39 is 34.6 Å². The van der Waals surface area contributed by atoms with Crippen molar-refractivity contribution < 1.29 is 22.0 Å². The second-order valence-corrected chi connectivity index (χ2v) is 8.61. The Morgan fingerprint density at radius 1 is 0.833 bits per heavy atom. The zero-order valence-electron chi connectivity index (χ0n) is 17.0. The Kier molecular flexibility index (Phi) is 5.99. The first-order valence-electron chi connectivity index (χ1n) is 10.7. The zero-order valence-corrected chi connectivity index (χ0v) is 17.0. The van der Waals surface area contributed by atoms with Gasteiger partial charge < -0.3 is 0 Å². The number of rotatable bonds is 4. The first-order chi connectivity index (χ1) is 14.4. The van der Waals surface area contributed by atoms with Crippen molar-refractivity contribution in [2.24, 2.45) is 11.8 Å². The molecule has 2 aliphatic carbocycles. The SMILES string of the molecule is CCCC1CCC(C2=CCc3c(cc(F)c(-c4cc(F)c(F)c(F)c4)c3F)C2)CC1. The summed E-state index contributed by atoms with van der Waals surface area (Å²) in [6.07, 6.45) is 9.95. The molecule has 1 fully saturated rings. The Labute approximate surface area is 173 Å². The van der Waals surface area contributed by atoms with E-state index in [1.807, 2.05) is 6.08 Å². The summed E-state index contributed by atoms with van der Waals surface area (Å²) in [5.41, 5.74) is 1.32. The van der Waals surface area contributed by atoms with Gasteiger partial charge in [0.15, 0.2) is 17.5 Å². The second kappa shape index (κ2) is 8.52. The number of allylic oxidation sites excluding steroid dienone is 2. The maximum Gasteiger partial charge on any atom is 0.194 e. The van der Waals surface area contributed by atoms with E-state index in [1.54, 1.807) is 0 Å². The van der Waals surface area contributed by atoms with Crippen molar-refractivity contribution in [3.63, 3.8) is 0 Å². The van der Waals surface area contributed by atoms with E-state index in [4.69, 9.17) is 0 Å². The van der Waals surface area contributed by atoms with Crippen LogP contribution in [0, 0.1) is 40.9 Å². The number of benzene rings is 2. The molecule has 30 heavy (non-hydrogen) atoms. The summed E-state index contributed by atoms with van der Waals surface area (Å²) in [7, 11) is 0. The van der Waals surface area contributed by atoms with Gasteiger partial charge in [-0.25, -0.2) is 22.0 Å². The van der Waals surface area contributed by atoms with Crippen LogP contribution in [0.4, 0.5) is 22.0 Å². The molecule has 0 amide bonds. The Bertz CT molecular complexity index is 961. The van der Waals surface area contributed by atoms with Gasteiger partial charge in [0, 0.05) is 0 Å². The molecule has 0 heterocycles. The first kappa shape index (κ1) is 21.1. The minimum atomic E-state index is -1.65. The lowest BCUT2D eigenvalue weighted by Gasteiger charge is -2.32. The molecular weight excluding hydrogens is 395 g/mol. The quantitative estimate of drug-likeness (QED) is 0.270. The maximum atomic E-state index is 15.2. The van der Waals surface area contributed by atoms with E-state index >= 15 is 4.39 Å². The lowest BCUT2D eigenvalue weighted by molar-refractivity contribution is 0.283. The highest BCUT2D eigenvalue weighted by Gasteiger charge is 2.28. The van der Waals surface area contributed by atoms with E-state index in [-0.39, 0.29) is 5.56 Å². The van der Waals surface area contributed by atoms with E-state index in [1.165, 1.54) is 37.3 Å². The van der Waals surface area contributed by atoms with Crippen molar-refractivity contribution in [1.82, 2.24) is 0 Å². The summed E-state index contributed by atoms with van der Waals surface area (Å²) < 4.78 is 70.4. The monoisotopic (exact) mass is 420 g/mol. The van der Waals surface area contributed by atoms with Crippen LogP contribution in [0.1, 0.15) is 56.6 Å². The lowest BCUT2D eigenvalue weighted by atomic mass is 9.73. The molecule has 0 N–H and O–H groups in total. The molecule has 0 spiro atoms. The third-order valence-electron chi connectivity index (χ3n) is 6.72. The molecule has 0 nitrogen and oxygen atoms in total. The van der Waals surface area contributed by atoms with Gasteiger partial charge in [-0.15, -0.1) is 0 Å². The fraction of sp³-hybridized carbons (Fsp3) is 0.440. The topological polar surface area (TPSA) is 0 Å². The van der Waals surface area contributed by atoms with Gasteiger partial charge in [0.05, 0.1) is 5.56 Å². The normalized spacial score (nSPS) is 21.3. The van der Waals surface area contributed by atoms with Crippen molar-refractivity contribution in [3.05, 3.63) is 70.1 Å². The Morgan fingerprint density at radius 2 is 1.50 bits per heavy atom. The van der Waals surface area contributed by atoms with Crippen molar-refractivity contribution in [2.45, 2.75) is 58.3 Å². The lowest BCUT2D eigenvalue weighted by Crippen LogP contribution is -2.20. The predicted octanol–water partition coefficient (Wildman–Crippen LogP) is 7.68. The average Bonchev–Trinajstić information content (AvgIpc) is 2.72. The van der Waals surface area contributed by atoms with E-state index in [9.17, 15) is 17.6 Å². The van der Waals surface area contributed by atoms with Crippen LogP contribution in [-0.2, 0) is 12.8 Å². The predicted molar refractivity (Wildman–Crippen MR) is 108 cm³/mol. The molecule has 4 rings (SSSR count). The molecule has 0 bridgehead atoms. The van der Waals surface area contributed by atoms with Crippen LogP contribution in [0.15, 0.2) is 29.8 Å². The highest BCUT2D eigenvalue weighted by molar-refractivity contribution is 5.67. The third kappa shape index (κ3) is 3.91. The fourth-order valence-corrected chi connectivity index (χ4v) is 5.12. The molecule has 0 atom stereocenters. The fourth-order valence-electron chi connectivity index (χ4n) is 5.12. The highest BCUT2D eigenvalue weighted by Crippen LogP contribution is 2.40. The van der Waals surface area contributed by atoms with Gasteiger partial charge in [0.1, 0.15) is 11.6 Å². The summed E-state index contributed by atoms with van der Waals surface area (Å²) in [5.74, 6) is -5.06. The van der Waals surface area contributed by atoms with Gasteiger partial charge in [-0.2, -0.15) is 0 Å². The summed E-state index contributed by atoms with van der Waals surface area (Å²) in [6, 6.07) is 2.53. The Morgan fingerprint density at radius 3 is 2.13 bits per heavy atom. The Hall–Kier alpha value is -2.17. The second-order valence-electron chi connectivity index (χ2n) is 8.61. The molecule has 1 saturated carbocycles. The highest BCUT2D eigenvalue weighted by atomic mass is 19.2. The summed E-state index contributed by atoms with van der Waals surface area (Å²) in [6.45, 7) is 2.21. The van der Waals surface area contributed by atoms with Gasteiger partial charge in [0.25, 0.3) is 0 Å². The van der Waals surface area contributed by atoms with Crippen molar-refractivity contribution in [1.29, 1.82) is 0 Å². The third-order valence-corrected chi connectivity index (χ3v) is 6.72. The molecule has 0 saturated heterocycles. The molecule has 2 aliphatic rings. The minimum absolute atomic E-state index is 0.324. The number of hydrogen-bond acceptors (Lipinski definition) is 0. The standard InChI is InChI=1S/C25H25F5/c1-2-3-14-4-6-15(7-5-14)16-8-9-19-17(10-16)11-20(26)23(24(19)29)18-12-21(27)25(30)22(28)13-18/h8,11-15H,2-7,9-10H2,1H3. The summed E-state index contributed by atoms with van der Waals surface area (Å²) in [5, 5.41) is 0. The molecular formula is C25H25F5. The average molecular weight is 420 g/mol. The molecule has 0 unspecified atom stereocenters. The molecule has 0 radical (unpaired) electrons. The van der Waals surface area contributed by atoms with E-state index in [2.05, 4.69) is 6.92 Å². The van der Waals surface area contributed by atoms with Gasteiger partial charge in [-0.3, -0.25) is 0 Å². The van der Waals surface area contributed by atoms with Crippen LogP contribution in [0.25, 0.3) is 11.1 Å². The van der Waals surface area contributed by atoms with E-state index in [0.29, 0.717) is 42.0 Å². The van der Waals surface area contributed by atoms with Crippen molar-refractivity contribution in [2.75, 3.05) is 0 Å². The number of fused-ring (bicyclic) bond motifs is 1. The molecule has 5 heteroatoms. The minimum Gasteiger partial charge on any atom is -0.206 e. The van der Waals surface area contributed by atoms with Crippen LogP contribution in [0.3, 0.4) is 0 Å². The van der Waals surface area contributed by atoms with Crippen LogP contribution in [-0.4, -0.2) is 0 Å². The maximum absolute atomic E-state index is 15.2. The first-order valence-corrected chi connectivity index (χ1v) is 10.7. The largest absolute Gasteiger partial charge is 0.206 e.